The van der Waals surface area contributed by atoms with Crippen LogP contribution in [0.4, 0.5) is 0 Å². The van der Waals surface area contributed by atoms with Crippen molar-refractivity contribution in [2.75, 3.05) is 6.54 Å². The first-order valence-corrected chi connectivity index (χ1v) is 5.31. The molecule has 1 aliphatic heterocycles. The summed E-state index contributed by atoms with van der Waals surface area (Å²) >= 11 is 0. The molecule has 0 spiro atoms. The molecule has 0 radical (unpaired) electrons. The van der Waals surface area contributed by atoms with Crippen LogP contribution >= 0.6 is 0 Å². The topological polar surface area (TPSA) is 37.8 Å². The normalized spacial score (nSPS) is 14.0. The van der Waals surface area contributed by atoms with Gasteiger partial charge in [0.15, 0.2) is 0 Å². The van der Waals surface area contributed by atoms with Crippen LogP contribution in [0.3, 0.4) is 0 Å². The molecule has 1 N–H and O–H groups in total. The summed E-state index contributed by atoms with van der Waals surface area (Å²) in [4.78, 5) is 8.75. The van der Waals surface area contributed by atoms with Crippen molar-refractivity contribution in [3.8, 4) is 0 Å². The Balaban J connectivity index is 0.000000461. The van der Waals surface area contributed by atoms with Gasteiger partial charge in [0.25, 0.3) is 0 Å². The van der Waals surface area contributed by atoms with Crippen LogP contribution in [0.5, 0.6) is 0 Å². The van der Waals surface area contributed by atoms with Gasteiger partial charge in [-0.2, -0.15) is 0 Å². The maximum Gasteiger partial charge on any atom is 0.125 e. The molecule has 2 heterocycles. The molecule has 78 valence electrons. The minimum atomic E-state index is 0.884. The SMILES string of the molecule is CC.Cc1nc(C)c2c(n1)CNCC2. The van der Waals surface area contributed by atoms with Gasteiger partial charge < -0.3 is 5.32 Å². The molecule has 3 nitrogen and oxygen atoms in total. The van der Waals surface area contributed by atoms with Crippen molar-refractivity contribution in [2.24, 2.45) is 0 Å². The molecule has 0 saturated carbocycles. The van der Waals surface area contributed by atoms with Gasteiger partial charge in [0.2, 0.25) is 0 Å². The molecule has 0 bridgehead atoms. The molecule has 0 amide bonds. The largest absolute Gasteiger partial charge is 0.311 e. The number of rotatable bonds is 0. The highest BCUT2D eigenvalue weighted by Crippen LogP contribution is 2.14. The molecule has 0 unspecified atom stereocenters. The van der Waals surface area contributed by atoms with Crippen molar-refractivity contribution < 1.29 is 0 Å². The molecule has 1 aromatic rings. The second kappa shape index (κ2) is 5.05. The molecule has 1 aromatic heterocycles. The standard InChI is InChI=1S/C9H13N3.C2H6/c1-6-8-3-4-10-5-9(8)12-7(2)11-6;1-2/h10H,3-5H2,1-2H3;1-2H3. The summed E-state index contributed by atoms with van der Waals surface area (Å²) in [5.74, 6) is 0.884. The minimum absolute atomic E-state index is 0.884. The maximum atomic E-state index is 4.40. The van der Waals surface area contributed by atoms with E-state index in [-0.39, 0.29) is 0 Å². The van der Waals surface area contributed by atoms with Gasteiger partial charge in [-0.3, -0.25) is 0 Å². The predicted molar refractivity (Wildman–Crippen MR) is 58.3 cm³/mol. The van der Waals surface area contributed by atoms with Crippen LogP contribution in [0.1, 0.15) is 36.6 Å². The lowest BCUT2D eigenvalue weighted by Crippen LogP contribution is -2.26. The number of aromatic nitrogens is 2. The minimum Gasteiger partial charge on any atom is -0.311 e. The highest BCUT2D eigenvalue weighted by molar-refractivity contribution is 5.27. The summed E-state index contributed by atoms with van der Waals surface area (Å²) in [6.07, 6.45) is 1.07. The van der Waals surface area contributed by atoms with Crippen molar-refractivity contribution in [2.45, 2.75) is 40.7 Å². The van der Waals surface area contributed by atoms with Gasteiger partial charge >= 0.3 is 0 Å². The molecular formula is C11H19N3. The van der Waals surface area contributed by atoms with E-state index in [1.54, 1.807) is 0 Å². The van der Waals surface area contributed by atoms with Gasteiger partial charge in [-0.25, -0.2) is 9.97 Å². The van der Waals surface area contributed by atoms with Gasteiger partial charge in [-0.15, -0.1) is 0 Å². The van der Waals surface area contributed by atoms with Crippen LogP contribution in [0.15, 0.2) is 0 Å². The molecule has 1 aliphatic rings. The zero-order valence-corrected chi connectivity index (χ0v) is 9.52. The summed E-state index contributed by atoms with van der Waals surface area (Å²) < 4.78 is 0. The van der Waals surface area contributed by atoms with E-state index >= 15 is 0 Å². The molecule has 14 heavy (non-hydrogen) atoms. The third-order valence-corrected chi connectivity index (χ3v) is 2.26. The fourth-order valence-electron chi connectivity index (χ4n) is 1.70. The smallest absolute Gasteiger partial charge is 0.125 e. The van der Waals surface area contributed by atoms with Gasteiger partial charge in [-0.05, 0) is 32.4 Å². The number of aryl methyl sites for hydroxylation is 2. The Hall–Kier alpha value is -0.960. The highest BCUT2D eigenvalue weighted by atomic mass is 15.0. The molecule has 0 atom stereocenters. The van der Waals surface area contributed by atoms with Gasteiger partial charge in [0.05, 0.1) is 5.69 Å². The summed E-state index contributed by atoms with van der Waals surface area (Å²) in [6, 6.07) is 0. The Morgan fingerprint density at radius 2 is 1.86 bits per heavy atom. The highest BCUT2D eigenvalue weighted by Gasteiger charge is 2.13. The maximum absolute atomic E-state index is 4.40. The predicted octanol–water partition coefficient (Wildman–Crippen LogP) is 1.77. The van der Waals surface area contributed by atoms with E-state index in [9.17, 15) is 0 Å². The second-order valence-corrected chi connectivity index (χ2v) is 3.21. The lowest BCUT2D eigenvalue weighted by Gasteiger charge is -2.17. The van der Waals surface area contributed by atoms with Gasteiger partial charge in [0, 0.05) is 12.2 Å². The summed E-state index contributed by atoms with van der Waals surface area (Å²) in [5.41, 5.74) is 3.68. The molecule has 0 fully saturated rings. The fourth-order valence-corrected chi connectivity index (χ4v) is 1.70. The molecule has 0 aliphatic carbocycles. The van der Waals surface area contributed by atoms with Crippen LogP contribution in [0.2, 0.25) is 0 Å². The lowest BCUT2D eigenvalue weighted by atomic mass is 10.1. The van der Waals surface area contributed by atoms with E-state index in [1.165, 1.54) is 11.3 Å². The second-order valence-electron chi connectivity index (χ2n) is 3.21. The third-order valence-electron chi connectivity index (χ3n) is 2.26. The Labute approximate surface area is 86.0 Å². The van der Waals surface area contributed by atoms with Gasteiger partial charge in [0.1, 0.15) is 5.82 Å². The van der Waals surface area contributed by atoms with E-state index in [0.717, 1.165) is 31.0 Å². The van der Waals surface area contributed by atoms with Crippen LogP contribution in [-0.2, 0) is 13.0 Å². The van der Waals surface area contributed by atoms with Crippen molar-refractivity contribution >= 4 is 0 Å². The Kier molecular flexibility index (Phi) is 4.01. The first-order valence-electron chi connectivity index (χ1n) is 5.31. The summed E-state index contributed by atoms with van der Waals surface area (Å²) in [5, 5.41) is 3.31. The average Bonchev–Trinajstić information content (AvgIpc) is 2.20. The van der Waals surface area contributed by atoms with Crippen molar-refractivity contribution in [1.82, 2.24) is 15.3 Å². The van der Waals surface area contributed by atoms with Crippen LogP contribution in [0, 0.1) is 13.8 Å². The molecule has 0 saturated heterocycles. The van der Waals surface area contributed by atoms with E-state index in [0.29, 0.717) is 0 Å². The monoisotopic (exact) mass is 193 g/mol. The lowest BCUT2D eigenvalue weighted by molar-refractivity contribution is 0.615. The van der Waals surface area contributed by atoms with Gasteiger partial charge in [-0.1, -0.05) is 13.8 Å². The summed E-state index contributed by atoms with van der Waals surface area (Å²) in [7, 11) is 0. The Bertz CT molecular complexity index is 308. The van der Waals surface area contributed by atoms with E-state index in [2.05, 4.69) is 22.2 Å². The summed E-state index contributed by atoms with van der Waals surface area (Å²) in [6.45, 7) is 9.97. The Morgan fingerprint density at radius 3 is 2.57 bits per heavy atom. The van der Waals surface area contributed by atoms with Crippen LogP contribution in [0.25, 0.3) is 0 Å². The van der Waals surface area contributed by atoms with E-state index < -0.39 is 0 Å². The number of hydrogen-bond donors (Lipinski definition) is 1. The van der Waals surface area contributed by atoms with Crippen molar-refractivity contribution in [3.63, 3.8) is 0 Å². The Morgan fingerprint density at radius 1 is 1.14 bits per heavy atom. The van der Waals surface area contributed by atoms with Crippen molar-refractivity contribution in [1.29, 1.82) is 0 Å². The number of fused-ring (bicyclic) bond motifs is 1. The number of hydrogen-bond acceptors (Lipinski definition) is 3. The van der Waals surface area contributed by atoms with E-state index in [4.69, 9.17) is 0 Å². The van der Waals surface area contributed by atoms with Crippen LogP contribution < -0.4 is 5.32 Å². The quantitative estimate of drug-likeness (QED) is 0.682. The average molecular weight is 193 g/mol. The molecule has 2 rings (SSSR count). The zero-order chi connectivity index (χ0) is 10.6. The number of nitrogens with one attached hydrogen (secondary N) is 1. The molecule has 0 aromatic carbocycles. The first kappa shape index (κ1) is 11.1. The first-order chi connectivity index (χ1) is 6.77. The van der Waals surface area contributed by atoms with Crippen molar-refractivity contribution in [3.05, 3.63) is 22.8 Å². The van der Waals surface area contributed by atoms with E-state index in [1.807, 2.05) is 20.8 Å². The number of nitrogens with zero attached hydrogens (tertiary/aromatic N) is 2. The molecule has 3 heteroatoms. The molecular weight excluding hydrogens is 174 g/mol. The van der Waals surface area contributed by atoms with Crippen LogP contribution in [-0.4, -0.2) is 16.5 Å². The third kappa shape index (κ3) is 2.29. The fraction of sp³-hybridized carbons (Fsp3) is 0.636. The zero-order valence-electron chi connectivity index (χ0n) is 9.52.